The molecular weight excluding hydrogens is 269 g/mol. The van der Waals surface area contributed by atoms with Crippen molar-refractivity contribution < 1.29 is 17.9 Å². The van der Waals surface area contributed by atoms with E-state index in [0.717, 1.165) is 17.1 Å². The summed E-state index contributed by atoms with van der Waals surface area (Å²) in [5, 5.41) is 9.03. The lowest BCUT2D eigenvalue weighted by atomic mass is 9.97. The number of benzene rings is 1. The molecule has 2 atom stereocenters. The van der Waals surface area contributed by atoms with Crippen LogP contribution in [-0.2, 0) is 10.0 Å². The largest absolute Gasteiger partial charge is 0.392 e. The number of aliphatic hydroxyl groups is 1. The Kier molecular flexibility index (Phi) is 4.10. The minimum Gasteiger partial charge on any atom is -0.392 e. The number of para-hydroxylation sites is 1. The van der Waals surface area contributed by atoms with Crippen molar-refractivity contribution in [3.05, 3.63) is 30.1 Å². The summed E-state index contributed by atoms with van der Waals surface area (Å²) in [6.07, 6.45) is 1.63. The van der Waals surface area contributed by atoms with E-state index >= 15 is 0 Å². The van der Waals surface area contributed by atoms with Crippen LogP contribution in [0, 0.1) is 5.82 Å². The number of nitrogens with zero attached hydrogens (tertiary/aromatic N) is 1. The molecule has 1 aromatic rings. The Hall–Kier alpha value is -1.14. The van der Waals surface area contributed by atoms with Crippen LogP contribution in [0.3, 0.4) is 0 Å². The normalized spacial score (nSPS) is 24.2. The highest BCUT2D eigenvalue weighted by molar-refractivity contribution is 7.93. The van der Waals surface area contributed by atoms with Gasteiger partial charge in [0.25, 0.3) is 0 Å². The Balaban J connectivity index is 2.31. The molecule has 0 radical (unpaired) electrons. The lowest BCUT2D eigenvalue weighted by Crippen LogP contribution is -2.44. The van der Waals surface area contributed by atoms with Crippen LogP contribution >= 0.6 is 0 Å². The minimum absolute atomic E-state index is 0.0141. The number of hydrogen-bond donors (Lipinski definition) is 1. The Morgan fingerprint density at radius 1 is 1.26 bits per heavy atom. The van der Waals surface area contributed by atoms with Crippen molar-refractivity contribution >= 4 is 15.7 Å². The van der Waals surface area contributed by atoms with Gasteiger partial charge in [-0.3, -0.25) is 4.31 Å². The molecule has 4 nitrogen and oxygen atoms in total. The highest BCUT2D eigenvalue weighted by Crippen LogP contribution is 2.29. The quantitative estimate of drug-likeness (QED) is 0.923. The van der Waals surface area contributed by atoms with Gasteiger partial charge >= 0.3 is 0 Å². The standard InChI is InChI=1S/C13H18FNO3S/c1-15(11-7-3-2-6-10(11)14)19(17,18)13-9-5-4-8-12(13)16/h2-3,6-7,12-13,16H,4-5,8-9H2,1H3. The topological polar surface area (TPSA) is 57.6 Å². The third-order valence-corrected chi connectivity index (χ3v) is 5.90. The molecule has 1 aromatic carbocycles. The summed E-state index contributed by atoms with van der Waals surface area (Å²) >= 11 is 0. The molecule has 1 fully saturated rings. The minimum atomic E-state index is -3.74. The van der Waals surface area contributed by atoms with E-state index in [4.69, 9.17) is 0 Å². The van der Waals surface area contributed by atoms with E-state index in [1.165, 1.54) is 25.2 Å². The first-order valence-corrected chi connectivity index (χ1v) is 7.85. The van der Waals surface area contributed by atoms with Crippen LogP contribution in [0.4, 0.5) is 10.1 Å². The van der Waals surface area contributed by atoms with Gasteiger partial charge in [-0.1, -0.05) is 25.0 Å². The first-order valence-electron chi connectivity index (χ1n) is 6.35. The molecule has 6 heteroatoms. The van der Waals surface area contributed by atoms with Crippen LogP contribution < -0.4 is 4.31 Å². The van der Waals surface area contributed by atoms with E-state index in [-0.39, 0.29) is 5.69 Å². The van der Waals surface area contributed by atoms with E-state index < -0.39 is 27.2 Å². The maximum Gasteiger partial charge on any atom is 0.240 e. The molecule has 106 valence electrons. The molecule has 1 aliphatic rings. The van der Waals surface area contributed by atoms with Crippen LogP contribution in [0.5, 0.6) is 0 Å². The lowest BCUT2D eigenvalue weighted by Gasteiger charge is -2.31. The van der Waals surface area contributed by atoms with Crippen molar-refractivity contribution in [2.75, 3.05) is 11.4 Å². The van der Waals surface area contributed by atoms with Gasteiger partial charge in [0, 0.05) is 7.05 Å². The highest BCUT2D eigenvalue weighted by Gasteiger charge is 2.37. The summed E-state index contributed by atoms with van der Waals surface area (Å²) in [5.74, 6) is -0.584. The van der Waals surface area contributed by atoms with Gasteiger partial charge in [0.2, 0.25) is 10.0 Å². The second-order valence-corrected chi connectivity index (χ2v) is 7.04. The van der Waals surface area contributed by atoms with Gasteiger partial charge in [0.1, 0.15) is 11.1 Å². The van der Waals surface area contributed by atoms with Crippen molar-refractivity contribution in [3.8, 4) is 0 Å². The monoisotopic (exact) mass is 287 g/mol. The summed E-state index contributed by atoms with van der Waals surface area (Å²) in [7, 11) is -2.42. The number of sulfonamides is 1. The average Bonchev–Trinajstić information content (AvgIpc) is 2.39. The molecule has 0 heterocycles. The van der Waals surface area contributed by atoms with Crippen LogP contribution in [0.2, 0.25) is 0 Å². The molecule has 0 saturated heterocycles. The molecule has 1 N–H and O–H groups in total. The molecule has 0 amide bonds. The fourth-order valence-electron chi connectivity index (χ4n) is 2.47. The van der Waals surface area contributed by atoms with Crippen LogP contribution in [-0.4, -0.2) is 31.9 Å². The first kappa shape index (κ1) is 14.3. The molecule has 1 aliphatic carbocycles. The van der Waals surface area contributed by atoms with Crippen molar-refractivity contribution in [2.24, 2.45) is 0 Å². The summed E-state index contributed by atoms with van der Waals surface area (Å²) in [4.78, 5) is 0. The molecule has 0 aliphatic heterocycles. The number of rotatable bonds is 3. The van der Waals surface area contributed by atoms with E-state index in [1.807, 2.05) is 0 Å². The Labute approximate surface area is 112 Å². The fourth-order valence-corrected chi connectivity index (χ4v) is 4.30. The molecule has 2 unspecified atom stereocenters. The Morgan fingerprint density at radius 3 is 2.53 bits per heavy atom. The second-order valence-electron chi connectivity index (χ2n) is 4.85. The Bertz CT molecular complexity index is 547. The van der Waals surface area contributed by atoms with Gasteiger partial charge in [0.05, 0.1) is 11.8 Å². The smallest absolute Gasteiger partial charge is 0.240 e. The summed E-state index contributed by atoms with van der Waals surface area (Å²) < 4.78 is 39.5. The fraction of sp³-hybridized carbons (Fsp3) is 0.538. The third-order valence-electron chi connectivity index (χ3n) is 3.62. The van der Waals surface area contributed by atoms with Gasteiger partial charge in [0.15, 0.2) is 0 Å². The molecule has 0 aromatic heterocycles. The number of aliphatic hydroxyl groups excluding tert-OH is 1. The predicted molar refractivity (Wildman–Crippen MR) is 72.0 cm³/mol. The summed E-state index contributed by atoms with van der Waals surface area (Å²) in [6.45, 7) is 0. The van der Waals surface area contributed by atoms with Crippen LogP contribution in [0.1, 0.15) is 25.7 Å². The number of hydrogen-bond acceptors (Lipinski definition) is 3. The summed E-state index contributed by atoms with van der Waals surface area (Å²) in [6, 6.07) is 5.73. The van der Waals surface area contributed by atoms with Crippen molar-refractivity contribution in [1.29, 1.82) is 0 Å². The predicted octanol–water partition coefficient (Wildman–Crippen LogP) is 1.90. The lowest BCUT2D eigenvalue weighted by molar-refractivity contribution is 0.133. The highest BCUT2D eigenvalue weighted by atomic mass is 32.2. The van der Waals surface area contributed by atoms with Gasteiger partial charge in [-0.05, 0) is 25.0 Å². The van der Waals surface area contributed by atoms with Gasteiger partial charge in [-0.25, -0.2) is 12.8 Å². The van der Waals surface area contributed by atoms with E-state index in [1.54, 1.807) is 6.07 Å². The average molecular weight is 287 g/mol. The zero-order valence-corrected chi connectivity index (χ0v) is 11.6. The number of halogens is 1. The maximum atomic E-state index is 13.7. The summed E-state index contributed by atoms with van der Waals surface area (Å²) in [5.41, 5.74) is 0.0141. The van der Waals surface area contributed by atoms with Crippen molar-refractivity contribution in [3.63, 3.8) is 0 Å². The zero-order valence-electron chi connectivity index (χ0n) is 10.8. The van der Waals surface area contributed by atoms with E-state index in [0.29, 0.717) is 12.8 Å². The molecule has 0 bridgehead atoms. The molecule has 2 rings (SSSR count). The first-order chi connectivity index (χ1) is 8.94. The maximum absolute atomic E-state index is 13.7. The zero-order chi connectivity index (χ0) is 14.0. The molecule has 0 spiro atoms. The van der Waals surface area contributed by atoms with Crippen LogP contribution in [0.25, 0.3) is 0 Å². The Morgan fingerprint density at radius 2 is 1.89 bits per heavy atom. The van der Waals surface area contributed by atoms with Gasteiger partial charge in [-0.2, -0.15) is 0 Å². The van der Waals surface area contributed by atoms with Crippen molar-refractivity contribution in [1.82, 2.24) is 0 Å². The van der Waals surface area contributed by atoms with Gasteiger partial charge < -0.3 is 5.11 Å². The van der Waals surface area contributed by atoms with Crippen molar-refractivity contribution in [2.45, 2.75) is 37.0 Å². The molecular formula is C13H18FNO3S. The van der Waals surface area contributed by atoms with Crippen LogP contribution in [0.15, 0.2) is 24.3 Å². The number of anilines is 1. The van der Waals surface area contributed by atoms with E-state index in [9.17, 15) is 17.9 Å². The van der Waals surface area contributed by atoms with Gasteiger partial charge in [-0.15, -0.1) is 0 Å². The SMILES string of the molecule is CN(c1ccccc1F)S(=O)(=O)C1CCCCC1O. The second kappa shape index (κ2) is 5.46. The molecule has 1 saturated carbocycles. The van der Waals surface area contributed by atoms with E-state index in [2.05, 4.69) is 0 Å². The molecule has 19 heavy (non-hydrogen) atoms. The third kappa shape index (κ3) is 2.74.